The number of carbonyl (C=O) groups is 3. The van der Waals surface area contributed by atoms with E-state index in [2.05, 4.69) is 10.6 Å². The van der Waals surface area contributed by atoms with E-state index in [4.69, 9.17) is 16.3 Å². The molecule has 8 heteroatoms. The Morgan fingerprint density at radius 2 is 2.07 bits per heavy atom. The van der Waals surface area contributed by atoms with E-state index >= 15 is 0 Å². The van der Waals surface area contributed by atoms with E-state index in [9.17, 15) is 14.4 Å². The molecule has 150 valence electrons. The lowest BCUT2D eigenvalue weighted by Gasteiger charge is -2.29. The van der Waals surface area contributed by atoms with Gasteiger partial charge in [-0.25, -0.2) is 0 Å². The zero-order chi connectivity index (χ0) is 20.5. The highest BCUT2D eigenvalue weighted by Crippen LogP contribution is 2.33. The first-order valence-electron chi connectivity index (χ1n) is 9.30. The van der Waals surface area contributed by atoms with Crippen molar-refractivity contribution in [1.82, 2.24) is 10.2 Å². The Morgan fingerprint density at radius 1 is 1.24 bits per heavy atom. The molecule has 7 nitrogen and oxygen atoms in total. The van der Waals surface area contributed by atoms with Crippen molar-refractivity contribution in [3.05, 3.63) is 58.1 Å². The van der Waals surface area contributed by atoms with Gasteiger partial charge in [0.2, 0.25) is 11.8 Å². The molecule has 0 bridgehead atoms. The van der Waals surface area contributed by atoms with E-state index in [1.54, 1.807) is 18.1 Å². The zero-order valence-corrected chi connectivity index (χ0v) is 16.6. The standard InChI is InChI=1S/C21H20ClN3O4/c1-29-18-7-5-12(9-15(18)22)10-23-16-4-2-3-13-14(16)11-25(21(13)28)17-6-8-19(26)24-20(17)27/h2-5,7,9,17,23H,6,8,10-11H2,1H3,(H,24,26,27). The highest BCUT2D eigenvalue weighted by Gasteiger charge is 2.39. The number of carbonyl (C=O) groups excluding carboxylic acids is 3. The van der Waals surface area contributed by atoms with E-state index < -0.39 is 11.9 Å². The minimum absolute atomic E-state index is 0.189. The molecule has 0 radical (unpaired) electrons. The molecule has 1 fully saturated rings. The predicted molar refractivity (Wildman–Crippen MR) is 108 cm³/mol. The van der Waals surface area contributed by atoms with Gasteiger partial charge in [-0.15, -0.1) is 0 Å². The molecule has 1 unspecified atom stereocenters. The Labute approximate surface area is 173 Å². The van der Waals surface area contributed by atoms with Crippen molar-refractivity contribution < 1.29 is 19.1 Å². The lowest BCUT2D eigenvalue weighted by Crippen LogP contribution is -2.52. The summed E-state index contributed by atoms with van der Waals surface area (Å²) in [4.78, 5) is 38.0. The summed E-state index contributed by atoms with van der Waals surface area (Å²) < 4.78 is 5.17. The number of nitrogens with zero attached hydrogens (tertiary/aromatic N) is 1. The molecule has 2 heterocycles. The van der Waals surface area contributed by atoms with E-state index in [0.717, 1.165) is 16.8 Å². The third-order valence-corrected chi connectivity index (χ3v) is 5.58. The summed E-state index contributed by atoms with van der Waals surface area (Å²) >= 11 is 6.19. The second-order valence-corrected chi connectivity index (χ2v) is 7.46. The summed E-state index contributed by atoms with van der Waals surface area (Å²) in [6.45, 7) is 0.847. The largest absolute Gasteiger partial charge is 0.495 e. The van der Waals surface area contributed by atoms with Crippen molar-refractivity contribution in [3.63, 3.8) is 0 Å². The Kier molecular flexibility index (Phi) is 5.15. The second kappa shape index (κ2) is 7.75. The van der Waals surface area contributed by atoms with Gasteiger partial charge in [0.15, 0.2) is 0 Å². The maximum atomic E-state index is 12.9. The van der Waals surface area contributed by atoms with Gasteiger partial charge < -0.3 is 15.0 Å². The normalized spacial score (nSPS) is 18.5. The smallest absolute Gasteiger partial charge is 0.255 e. The minimum atomic E-state index is -0.624. The van der Waals surface area contributed by atoms with Crippen LogP contribution in [0.2, 0.25) is 5.02 Å². The molecule has 1 saturated heterocycles. The molecule has 0 aromatic heterocycles. The number of amides is 3. The monoisotopic (exact) mass is 413 g/mol. The fraction of sp³-hybridized carbons (Fsp3) is 0.286. The molecule has 2 aliphatic heterocycles. The average Bonchev–Trinajstić information content (AvgIpc) is 3.04. The highest BCUT2D eigenvalue weighted by atomic mass is 35.5. The van der Waals surface area contributed by atoms with Crippen LogP contribution in [0.15, 0.2) is 36.4 Å². The summed E-state index contributed by atoms with van der Waals surface area (Å²) in [5, 5.41) is 6.21. The number of hydrogen-bond donors (Lipinski definition) is 2. The molecule has 0 saturated carbocycles. The summed E-state index contributed by atoms with van der Waals surface area (Å²) in [5.41, 5.74) is 3.23. The fourth-order valence-electron chi connectivity index (χ4n) is 3.77. The van der Waals surface area contributed by atoms with Crippen molar-refractivity contribution in [2.45, 2.75) is 32.0 Å². The number of piperidine rings is 1. The maximum absolute atomic E-state index is 12.9. The van der Waals surface area contributed by atoms with Crippen LogP contribution in [0.1, 0.15) is 34.3 Å². The van der Waals surface area contributed by atoms with Gasteiger partial charge in [-0.1, -0.05) is 23.7 Å². The van der Waals surface area contributed by atoms with Crippen molar-refractivity contribution in [3.8, 4) is 5.75 Å². The summed E-state index contributed by atoms with van der Waals surface area (Å²) in [6, 6.07) is 10.4. The van der Waals surface area contributed by atoms with Crippen LogP contribution in [0.4, 0.5) is 5.69 Å². The molecule has 2 aliphatic rings. The summed E-state index contributed by atoms with van der Waals surface area (Å²) in [6.07, 6.45) is 0.581. The first-order chi connectivity index (χ1) is 14.0. The van der Waals surface area contributed by atoms with Crippen LogP contribution in [0.3, 0.4) is 0 Å². The number of hydrogen-bond acceptors (Lipinski definition) is 5. The SMILES string of the molecule is COc1ccc(CNc2cccc3c2CN(C2CCC(=O)NC2=O)C3=O)cc1Cl. The number of ether oxygens (including phenoxy) is 1. The molecular weight excluding hydrogens is 394 g/mol. The van der Waals surface area contributed by atoms with Crippen LogP contribution in [-0.4, -0.2) is 35.8 Å². The van der Waals surface area contributed by atoms with Crippen LogP contribution < -0.4 is 15.4 Å². The van der Waals surface area contributed by atoms with Crippen LogP contribution in [0, 0.1) is 0 Å². The zero-order valence-electron chi connectivity index (χ0n) is 15.8. The van der Waals surface area contributed by atoms with E-state index in [0.29, 0.717) is 35.8 Å². The van der Waals surface area contributed by atoms with Crippen molar-refractivity contribution in [1.29, 1.82) is 0 Å². The molecule has 29 heavy (non-hydrogen) atoms. The minimum Gasteiger partial charge on any atom is -0.495 e. The number of benzene rings is 2. The third-order valence-electron chi connectivity index (χ3n) is 5.28. The first-order valence-corrected chi connectivity index (χ1v) is 9.68. The van der Waals surface area contributed by atoms with E-state index in [-0.39, 0.29) is 18.2 Å². The van der Waals surface area contributed by atoms with Crippen LogP contribution >= 0.6 is 11.6 Å². The topological polar surface area (TPSA) is 87.7 Å². The van der Waals surface area contributed by atoms with Gasteiger partial charge in [0, 0.05) is 36.3 Å². The number of nitrogens with one attached hydrogen (secondary N) is 2. The van der Waals surface area contributed by atoms with Crippen LogP contribution in [0.5, 0.6) is 5.75 Å². The summed E-state index contributed by atoms with van der Waals surface area (Å²) in [5.74, 6) is -0.284. The van der Waals surface area contributed by atoms with Gasteiger partial charge in [-0.3, -0.25) is 19.7 Å². The lowest BCUT2D eigenvalue weighted by atomic mass is 10.0. The number of halogens is 1. The number of rotatable bonds is 5. The molecule has 2 aromatic rings. The molecular formula is C21H20ClN3O4. The number of methoxy groups -OCH3 is 1. The fourth-order valence-corrected chi connectivity index (χ4v) is 4.05. The maximum Gasteiger partial charge on any atom is 0.255 e. The molecule has 2 aromatic carbocycles. The summed E-state index contributed by atoms with van der Waals surface area (Å²) in [7, 11) is 1.57. The van der Waals surface area contributed by atoms with E-state index in [1.807, 2.05) is 30.3 Å². The van der Waals surface area contributed by atoms with Gasteiger partial charge in [-0.05, 0) is 36.2 Å². The predicted octanol–water partition coefficient (Wildman–Crippen LogP) is 2.72. The van der Waals surface area contributed by atoms with Crippen molar-refractivity contribution >= 4 is 35.0 Å². The number of fused-ring (bicyclic) bond motifs is 1. The Bertz CT molecular complexity index is 1010. The molecule has 0 aliphatic carbocycles. The molecule has 1 atom stereocenters. The quantitative estimate of drug-likeness (QED) is 0.736. The van der Waals surface area contributed by atoms with Crippen LogP contribution in [-0.2, 0) is 22.7 Å². The van der Waals surface area contributed by atoms with E-state index in [1.165, 1.54) is 0 Å². The second-order valence-electron chi connectivity index (χ2n) is 7.05. The average molecular weight is 414 g/mol. The third kappa shape index (κ3) is 3.65. The van der Waals surface area contributed by atoms with Gasteiger partial charge >= 0.3 is 0 Å². The van der Waals surface area contributed by atoms with Gasteiger partial charge in [-0.2, -0.15) is 0 Å². The molecule has 0 spiro atoms. The number of imide groups is 1. The molecule has 3 amide bonds. The molecule has 4 rings (SSSR count). The van der Waals surface area contributed by atoms with Gasteiger partial charge in [0.1, 0.15) is 11.8 Å². The Morgan fingerprint density at radius 3 is 2.79 bits per heavy atom. The first kappa shape index (κ1) is 19.3. The van der Waals surface area contributed by atoms with Gasteiger partial charge in [0.25, 0.3) is 5.91 Å². The van der Waals surface area contributed by atoms with Crippen LogP contribution in [0.25, 0.3) is 0 Å². The Balaban J connectivity index is 1.52. The molecule has 2 N–H and O–H groups in total. The lowest BCUT2D eigenvalue weighted by molar-refractivity contribution is -0.136. The number of anilines is 1. The van der Waals surface area contributed by atoms with Crippen molar-refractivity contribution in [2.75, 3.05) is 12.4 Å². The Hall–Kier alpha value is -3.06. The van der Waals surface area contributed by atoms with Crippen molar-refractivity contribution in [2.24, 2.45) is 0 Å². The van der Waals surface area contributed by atoms with Gasteiger partial charge in [0.05, 0.1) is 12.1 Å². The highest BCUT2D eigenvalue weighted by molar-refractivity contribution is 6.32.